The normalized spacial score (nSPS) is 30.0. The van der Waals surface area contributed by atoms with Crippen LogP contribution in [-0.2, 0) is 9.47 Å². The Bertz CT molecular complexity index is 724. The number of ether oxygens (including phenoxy) is 3. The Morgan fingerprint density at radius 3 is 2.90 bits per heavy atom. The van der Waals surface area contributed by atoms with Crippen LogP contribution in [-0.4, -0.2) is 44.9 Å². The quantitative estimate of drug-likeness (QED) is 0.779. The lowest BCUT2D eigenvalue weighted by Gasteiger charge is -2.21. The zero-order chi connectivity index (χ0) is 14.6. The lowest BCUT2D eigenvalue weighted by Crippen LogP contribution is -2.28. The second kappa shape index (κ2) is 4.25. The van der Waals surface area contributed by atoms with Gasteiger partial charge in [-0.15, -0.1) is 0 Å². The molecule has 0 spiro atoms. The van der Waals surface area contributed by atoms with Gasteiger partial charge in [0.05, 0.1) is 13.3 Å². The average molecular weight is 288 g/mol. The predicted octanol–water partition coefficient (Wildman–Crippen LogP) is 1.47. The van der Waals surface area contributed by atoms with Gasteiger partial charge in [-0.05, 0) is 13.8 Å². The molecule has 7 nitrogen and oxygen atoms in total. The van der Waals surface area contributed by atoms with Crippen molar-refractivity contribution in [3.63, 3.8) is 0 Å². The summed E-state index contributed by atoms with van der Waals surface area (Å²) in [7, 11) is 1.58. The molecule has 1 aliphatic carbocycles. The van der Waals surface area contributed by atoms with Gasteiger partial charge in [0.25, 0.3) is 0 Å². The molecule has 0 bridgehead atoms. The number of hydrogen-bond acceptors (Lipinski definition) is 6. The number of nitrogens with zero attached hydrogens (tertiary/aromatic N) is 4. The Morgan fingerprint density at radius 2 is 2.10 bits per heavy atom. The van der Waals surface area contributed by atoms with E-state index in [0.717, 1.165) is 11.0 Å². The highest BCUT2D eigenvalue weighted by molar-refractivity contribution is 5.79. The van der Waals surface area contributed by atoms with Crippen LogP contribution in [0.3, 0.4) is 0 Å². The Kier molecular flexibility index (Phi) is 2.58. The molecule has 2 aliphatic rings. The van der Waals surface area contributed by atoms with Crippen LogP contribution in [0.2, 0.25) is 0 Å². The summed E-state index contributed by atoms with van der Waals surface area (Å²) in [5, 5.41) is 5.23. The molecule has 0 saturated carbocycles. The Hall–Kier alpha value is -1.99. The van der Waals surface area contributed by atoms with Crippen molar-refractivity contribution in [2.24, 2.45) is 0 Å². The smallest absolute Gasteiger partial charge is 0.227 e. The van der Waals surface area contributed by atoms with Gasteiger partial charge in [-0.3, -0.25) is 0 Å². The van der Waals surface area contributed by atoms with Gasteiger partial charge >= 0.3 is 0 Å². The molecule has 0 aromatic carbocycles. The van der Waals surface area contributed by atoms with Crippen molar-refractivity contribution in [3.05, 3.63) is 24.7 Å². The fraction of sp³-hybridized carbons (Fsp3) is 0.500. The largest absolute Gasteiger partial charge is 0.480 e. The highest BCUT2D eigenvalue weighted by Crippen LogP contribution is 2.40. The summed E-state index contributed by atoms with van der Waals surface area (Å²) in [5.74, 6) is -0.0535. The summed E-state index contributed by atoms with van der Waals surface area (Å²) in [6.45, 7) is 3.84. The molecule has 21 heavy (non-hydrogen) atoms. The third-order valence-electron chi connectivity index (χ3n) is 3.83. The number of hydrogen-bond donors (Lipinski definition) is 0. The minimum Gasteiger partial charge on any atom is -0.480 e. The maximum Gasteiger partial charge on any atom is 0.227 e. The van der Waals surface area contributed by atoms with Crippen LogP contribution in [0.5, 0.6) is 5.88 Å². The van der Waals surface area contributed by atoms with E-state index >= 15 is 0 Å². The number of methoxy groups -OCH3 is 1. The molecule has 110 valence electrons. The van der Waals surface area contributed by atoms with Crippen molar-refractivity contribution in [1.82, 2.24) is 19.7 Å². The first kappa shape index (κ1) is 12.7. The molecule has 0 amide bonds. The molecule has 2 aromatic heterocycles. The molecule has 0 radical (unpaired) electrons. The molecule has 3 heterocycles. The summed E-state index contributed by atoms with van der Waals surface area (Å²) in [5.41, 5.74) is 0.727. The van der Waals surface area contributed by atoms with Crippen molar-refractivity contribution in [1.29, 1.82) is 0 Å². The van der Waals surface area contributed by atoms with E-state index in [9.17, 15) is 0 Å². The fourth-order valence-electron chi connectivity index (χ4n) is 3.01. The molecular formula is C14H16N4O3. The second-order valence-electron chi connectivity index (χ2n) is 5.65. The molecule has 1 fully saturated rings. The van der Waals surface area contributed by atoms with Gasteiger partial charge < -0.3 is 14.2 Å². The standard InChI is InChI=1S/C14H16N4O3/c1-14(2)20-10-5-4-9(11(10)21-14)18-12-8(6-17-18)13(19-3)16-7-15-12/h4-7,9-11H,1-3H3/t9-,10-,11+/m0/s1. The summed E-state index contributed by atoms with van der Waals surface area (Å²) in [6.07, 6.45) is 7.13. The Balaban J connectivity index is 1.76. The number of fused-ring (bicyclic) bond motifs is 2. The molecule has 3 atom stereocenters. The lowest BCUT2D eigenvalue weighted by molar-refractivity contribution is -0.147. The van der Waals surface area contributed by atoms with E-state index in [4.69, 9.17) is 14.2 Å². The minimum absolute atomic E-state index is 0.0473. The van der Waals surface area contributed by atoms with Gasteiger partial charge in [0.15, 0.2) is 11.4 Å². The first-order valence-electron chi connectivity index (χ1n) is 6.85. The van der Waals surface area contributed by atoms with Crippen LogP contribution in [0.15, 0.2) is 24.7 Å². The van der Waals surface area contributed by atoms with E-state index in [1.54, 1.807) is 13.3 Å². The monoisotopic (exact) mass is 288 g/mol. The molecule has 2 aromatic rings. The van der Waals surface area contributed by atoms with E-state index in [1.165, 1.54) is 6.33 Å². The maximum atomic E-state index is 5.99. The van der Waals surface area contributed by atoms with E-state index < -0.39 is 5.79 Å². The zero-order valence-corrected chi connectivity index (χ0v) is 12.1. The highest BCUT2D eigenvalue weighted by atomic mass is 16.8. The molecule has 7 heteroatoms. The number of rotatable bonds is 2. The van der Waals surface area contributed by atoms with Gasteiger partial charge in [0.1, 0.15) is 30.0 Å². The lowest BCUT2D eigenvalue weighted by atomic mass is 10.2. The van der Waals surface area contributed by atoms with Crippen LogP contribution in [0.1, 0.15) is 19.9 Å². The topological polar surface area (TPSA) is 71.3 Å². The van der Waals surface area contributed by atoms with Crippen LogP contribution in [0, 0.1) is 0 Å². The van der Waals surface area contributed by atoms with E-state index in [2.05, 4.69) is 15.1 Å². The van der Waals surface area contributed by atoms with Crippen LogP contribution in [0.25, 0.3) is 11.0 Å². The van der Waals surface area contributed by atoms with Crippen LogP contribution < -0.4 is 4.74 Å². The van der Waals surface area contributed by atoms with Crippen molar-refractivity contribution in [3.8, 4) is 5.88 Å². The SMILES string of the molecule is COc1ncnc2c1cnn2[C@H]1C=C[C@@H]2OC(C)(C)O[C@@H]21. The van der Waals surface area contributed by atoms with Gasteiger partial charge in [0, 0.05) is 0 Å². The van der Waals surface area contributed by atoms with E-state index in [-0.39, 0.29) is 18.2 Å². The predicted molar refractivity (Wildman–Crippen MR) is 73.9 cm³/mol. The summed E-state index contributed by atoms with van der Waals surface area (Å²) in [4.78, 5) is 8.42. The third-order valence-corrected chi connectivity index (χ3v) is 3.83. The molecule has 0 unspecified atom stereocenters. The summed E-state index contributed by atoms with van der Waals surface area (Å²) >= 11 is 0. The highest BCUT2D eigenvalue weighted by Gasteiger charge is 2.47. The fourth-order valence-corrected chi connectivity index (χ4v) is 3.01. The van der Waals surface area contributed by atoms with Crippen LogP contribution in [0.4, 0.5) is 0 Å². The number of aromatic nitrogens is 4. The van der Waals surface area contributed by atoms with Crippen molar-refractivity contribution in [2.45, 2.75) is 37.9 Å². The molecular weight excluding hydrogens is 272 g/mol. The van der Waals surface area contributed by atoms with Crippen LogP contribution >= 0.6 is 0 Å². The average Bonchev–Trinajstić information content (AvgIpc) is 3.09. The Morgan fingerprint density at radius 1 is 1.24 bits per heavy atom. The first-order chi connectivity index (χ1) is 10.1. The van der Waals surface area contributed by atoms with E-state index in [0.29, 0.717) is 5.88 Å². The zero-order valence-electron chi connectivity index (χ0n) is 12.1. The minimum atomic E-state index is -0.575. The van der Waals surface area contributed by atoms with Gasteiger partial charge in [-0.25, -0.2) is 14.6 Å². The molecule has 0 N–H and O–H groups in total. The Labute approximate surface area is 121 Å². The molecule has 4 rings (SSSR count). The van der Waals surface area contributed by atoms with Crippen molar-refractivity contribution < 1.29 is 14.2 Å². The van der Waals surface area contributed by atoms with Gasteiger partial charge in [0.2, 0.25) is 5.88 Å². The molecule has 1 saturated heterocycles. The van der Waals surface area contributed by atoms with Gasteiger partial charge in [-0.2, -0.15) is 5.10 Å². The van der Waals surface area contributed by atoms with Crippen molar-refractivity contribution in [2.75, 3.05) is 7.11 Å². The van der Waals surface area contributed by atoms with E-state index in [1.807, 2.05) is 30.7 Å². The maximum absolute atomic E-state index is 5.99. The first-order valence-corrected chi connectivity index (χ1v) is 6.85. The third kappa shape index (κ3) is 1.85. The van der Waals surface area contributed by atoms with Gasteiger partial charge in [-0.1, -0.05) is 12.2 Å². The second-order valence-corrected chi connectivity index (χ2v) is 5.65. The molecule has 1 aliphatic heterocycles. The summed E-state index contributed by atoms with van der Waals surface area (Å²) in [6, 6.07) is -0.0473. The van der Waals surface area contributed by atoms with Crippen molar-refractivity contribution >= 4 is 11.0 Å². The summed E-state index contributed by atoms with van der Waals surface area (Å²) < 4.78 is 18.9.